The fourth-order valence-corrected chi connectivity index (χ4v) is 3.91. The largest absolute Gasteiger partial charge is 0.326 e. The van der Waals surface area contributed by atoms with Crippen molar-refractivity contribution in [2.75, 3.05) is 33.0 Å². The number of likely N-dealkylation sites (N-methyl/N-ethyl adjacent to an activating group) is 1. The molecule has 0 aliphatic heterocycles. The number of hydrogen-bond acceptors (Lipinski definition) is 3. The number of hydrogen-bond donors (Lipinski definition) is 2. The molecule has 0 saturated carbocycles. The lowest BCUT2D eigenvalue weighted by Gasteiger charge is -2.20. The van der Waals surface area contributed by atoms with Crippen molar-refractivity contribution in [1.29, 1.82) is 0 Å². The van der Waals surface area contributed by atoms with Crippen LogP contribution in [0.1, 0.15) is 31.9 Å². The van der Waals surface area contributed by atoms with Crippen LogP contribution in [0.25, 0.3) is 0 Å². The minimum atomic E-state index is -3.54. The molecular formula is C22H32N3O3S+. The summed E-state index contributed by atoms with van der Waals surface area (Å²) in [6.45, 7) is 7.56. The third-order valence-electron chi connectivity index (χ3n) is 4.68. The maximum absolute atomic E-state index is 12.4. The molecule has 1 unspecified atom stereocenters. The van der Waals surface area contributed by atoms with E-state index in [1.165, 1.54) is 37.4 Å². The molecule has 2 aromatic rings. The van der Waals surface area contributed by atoms with Crippen LogP contribution < -0.4 is 10.2 Å². The van der Waals surface area contributed by atoms with E-state index in [1.807, 2.05) is 7.05 Å². The molecule has 0 aromatic heterocycles. The van der Waals surface area contributed by atoms with Gasteiger partial charge in [-0.15, -0.1) is 0 Å². The molecule has 0 saturated heterocycles. The quantitative estimate of drug-likeness (QED) is 0.721. The summed E-state index contributed by atoms with van der Waals surface area (Å²) in [5, 5.41) is 2.80. The molecule has 0 aliphatic carbocycles. The second-order valence-corrected chi connectivity index (χ2v) is 10.8. The van der Waals surface area contributed by atoms with Crippen LogP contribution in [0.2, 0.25) is 0 Å². The molecule has 0 aliphatic rings. The first-order valence-corrected chi connectivity index (χ1v) is 11.1. The maximum atomic E-state index is 12.4. The fourth-order valence-electron chi connectivity index (χ4n) is 2.96. The van der Waals surface area contributed by atoms with Crippen molar-refractivity contribution < 1.29 is 18.1 Å². The van der Waals surface area contributed by atoms with Crippen molar-refractivity contribution in [3.63, 3.8) is 0 Å². The van der Waals surface area contributed by atoms with Gasteiger partial charge in [-0.3, -0.25) is 4.79 Å². The predicted octanol–water partition coefficient (Wildman–Crippen LogP) is 1.89. The van der Waals surface area contributed by atoms with Crippen molar-refractivity contribution in [1.82, 2.24) is 4.31 Å². The number of anilines is 1. The topological polar surface area (TPSA) is 70.9 Å². The Morgan fingerprint density at radius 3 is 2.24 bits per heavy atom. The standard InChI is InChI=1S/C22H31N3O3S/c1-22(2,3)18-12-10-17(11-13-18)15-25(6)16-21(26)23-19-8-7-9-20(14-19)29(27,28)24(4)5/h7-14H,15-16H2,1-6H3,(H,23,26)/p+1. The molecule has 29 heavy (non-hydrogen) atoms. The van der Waals surface area contributed by atoms with Gasteiger partial charge < -0.3 is 10.2 Å². The summed E-state index contributed by atoms with van der Waals surface area (Å²) in [4.78, 5) is 13.6. The first-order valence-electron chi connectivity index (χ1n) is 9.63. The van der Waals surface area contributed by atoms with E-state index in [4.69, 9.17) is 0 Å². The van der Waals surface area contributed by atoms with E-state index in [9.17, 15) is 13.2 Å². The Bertz CT molecular complexity index is 946. The maximum Gasteiger partial charge on any atom is 0.279 e. The third kappa shape index (κ3) is 6.39. The van der Waals surface area contributed by atoms with Gasteiger partial charge in [-0.2, -0.15) is 0 Å². The monoisotopic (exact) mass is 418 g/mol. The normalized spacial score (nSPS) is 13.3. The average molecular weight is 419 g/mol. The van der Waals surface area contributed by atoms with E-state index in [2.05, 4.69) is 50.4 Å². The van der Waals surface area contributed by atoms with Gasteiger partial charge in [-0.25, -0.2) is 12.7 Å². The number of rotatable bonds is 7. The van der Waals surface area contributed by atoms with E-state index in [1.54, 1.807) is 12.1 Å². The van der Waals surface area contributed by atoms with Crippen LogP contribution in [0, 0.1) is 0 Å². The molecule has 1 atom stereocenters. The molecule has 0 radical (unpaired) electrons. The first kappa shape index (κ1) is 23.1. The van der Waals surface area contributed by atoms with Crippen LogP contribution in [0.5, 0.6) is 0 Å². The summed E-state index contributed by atoms with van der Waals surface area (Å²) in [5.74, 6) is -0.159. The van der Waals surface area contributed by atoms with Crippen molar-refractivity contribution in [2.45, 2.75) is 37.6 Å². The van der Waals surface area contributed by atoms with Gasteiger partial charge >= 0.3 is 0 Å². The molecule has 2 aromatic carbocycles. The second-order valence-electron chi connectivity index (χ2n) is 8.62. The van der Waals surface area contributed by atoms with Crippen LogP contribution in [-0.2, 0) is 26.8 Å². The van der Waals surface area contributed by atoms with Crippen LogP contribution in [0.15, 0.2) is 53.4 Å². The molecule has 1 amide bonds. The zero-order chi connectivity index (χ0) is 21.8. The average Bonchev–Trinajstić information content (AvgIpc) is 2.61. The highest BCUT2D eigenvalue weighted by Gasteiger charge is 2.18. The molecular weight excluding hydrogens is 386 g/mol. The summed E-state index contributed by atoms with van der Waals surface area (Å²) in [6, 6.07) is 14.8. The highest BCUT2D eigenvalue weighted by molar-refractivity contribution is 7.89. The smallest absolute Gasteiger partial charge is 0.279 e. The number of nitrogens with one attached hydrogen (secondary N) is 2. The number of amides is 1. The summed E-state index contributed by atoms with van der Waals surface area (Å²) in [7, 11) is 1.38. The van der Waals surface area contributed by atoms with Crippen molar-refractivity contribution in [3.05, 3.63) is 59.7 Å². The molecule has 0 fully saturated rings. The zero-order valence-corrected chi connectivity index (χ0v) is 18.9. The van der Waals surface area contributed by atoms with Crippen molar-refractivity contribution in [2.24, 2.45) is 0 Å². The second kappa shape index (κ2) is 9.07. The summed E-state index contributed by atoms with van der Waals surface area (Å²) >= 11 is 0. The molecule has 0 heterocycles. The third-order valence-corrected chi connectivity index (χ3v) is 6.50. The molecule has 2 rings (SSSR count). The van der Waals surface area contributed by atoms with E-state index in [0.717, 1.165) is 15.7 Å². The van der Waals surface area contributed by atoms with Gasteiger partial charge in [0.25, 0.3) is 5.91 Å². The van der Waals surface area contributed by atoms with Gasteiger partial charge in [0.1, 0.15) is 6.54 Å². The predicted molar refractivity (Wildman–Crippen MR) is 117 cm³/mol. The minimum Gasteiger partial charge on any atom is -0.326 e. The van der Waals surface area contributed by atoms with Gasteiger partial charge in [0, 0.05) is 25.3 Å². The van der Waals surface area contributed by atoms with Gasteiger partial charge in [0.2, 0.25) is 10.0 Å². The number of quaternary nitrogens is 1. The van der Waals surface area contributed by atoms with Crippen LogP contribution in [0.3, 0.4) is 0 Å². The highest BCUT2D eigenvalue weighted by atomic mass is 32.2. The molecule has 0 spiro atoms. The Hall–Kier alpha value is -2.22. The van der Waals surface area contributed by atoms with Crippen LogP contribution in [0.4, 0.5) is 5.69 Å². The lowest BCUT2D eigenvalue weighted by molar-refractivity contribution is -0.885. The van der Waals surface area contributed by atoms with Gasteiger partial charge in [-0.05, 0) is 29.2 Å². The van der Waals surface area contributed by atoms with E-state index >= 15 is 0 Å². The van der Waals surface area contributed by atoms with Crippen molar-refractivity contribution >= 4 is 21.6 Å². The number of benzene rings is 2. The number of carbonyl (C=O) groups excluding carboxylic acids is 1. The van der Waals surface area contributed by atoms with Crippen LogP contribution in [-0.4, -0.2) is 46.3 Å². The van der Waals surface area contributed by atoms with Gasteiger partial charge in [0.15, 0.2) is 6.54 Å². The molecule has 7 heteroatoms. The van der Waals surface area contributed by atoms with E-state index < -0.39 is 10.0 Å². The molecule has 2 N–H and O–H groups in total. The Labute approximate surface area is 174 Å². The zero-order valence-electron chi connectivity index (χ0n) is 18.1. The van der Waals surface area contributed by atoms with Gasteiger partial charge in [0.05, 0.1) is 11.9 Å². The SMILES string of the molecule is CN(C)S(=O)(=O)c1cccc(NC(=O)C[NH+](C)Cc2ccc(C(C)(C)C)cc2)c1. The Morgan fingerprint density at radius 2 is 1.69 bits per heavy atom. The van der Waals surface area contributed by atoms with E-state index in [-0.39, 0.29) is 22.8 Å². The number of carbonyl (C=O) groups is 1. The molecule has 0 bridgehead atoms. The Balaban J connectivity index is 1.97. The molecule has 6 nitrogen and oxygen atoms in total. The lowest BCUT2D eigenvalue weighted by Crippen LogP contribution is -3.08. The summed E-state index contributed by atoms with van der Waals surface area (Å²) < 4.78 is 25.6. The molecule has 158 valence electrons. The number of sulfonamides is 1. The summed E-state index contributed by atoms with van der Waals surface area (Å²) in [6.07, 6.45) is 0. The van der Waals surface area contributed by atoms with Crippen molar-refractivity contribution in [3.8, 4) is 0 Å². The van der Waals surface area contributed by atoms with Gasteiger partial charge in [-0.1, -0.05) is 51.1 Å². The van der Waals surface area contributed by atoms with Crippen LogP contribution >= 0.6 is 0 Å². The number of nitrogens with zero attached hydrogens (tertiary/aromatic N) is 1. The minimum absolute atomic E-state index is 0.117. The lowest BCUT2D eigenvalue weighted by atomic mass is 9.87. The first-order chi connectivity index (χ1) is 13.4. The highest BCUT2D eigenvalue weighted by Crippen LogP contribution is 2.22. The summed E-state index contributed by atoms with van der Waals surface area (Å²) in [5.41, 5.74) is 3.04. The Morgan fingerprint density at radius 1 is 1.07 bits per heavy atom. The fraction of sp³-hybridized carbons (Fsp3) is 0.409. The van der Waals surface area contributed by atoms with E-state index in [0.29, 0.717) is 5.69 Å². The Kier molecular flexibility index (Phi) is 7.21.